The lowest BCUT2D eigenvalue weighted by Gasteiger charge is -2.07. The molecule has 13 heavy (non-hydrogen) atoms. The minimum absolute atomic E-state index is 0.135. The smallest absolute Gasteiger partial charge is 0.168 e. The fraction of sp³-hybridized carbons (Fsp3) is 0.222. The van der Waals surface area contributed by atoms with Crippen LogP contribution >= 0.6 is 11.6 Å². The van der Waals surface area contributed by atoms with Crippen LogP contribution in [0.3, 0.4) is 0 Å². The maximum atomic E-state index is 10.5. The Hall–Kier alpha value is -1.22. The Morgan fingerprint density at radius 1 is 1.62 bits per heavy atom. The Morgan fingerprint density at radius 3 is 2.85 bits per heavy atom. The van der Waals surface area contributed by atoms with Crippen LogP contribution in [0.1, 0.15) is 17.3 Å². The summed E-state index contributed by atoms with van der Waals surface area (Å²) in [4.78, 5) is 10.5. The molecule has 0 aliphatic rings. The Bertz CT molecular complexity index is 323. The highest BCUT2D eigenvalue weighted by atomic mass is 35.5. The number of phenolic OH excluding ortho intramolecular Hbond substituents is 1. The third-order valence-electron chi connectivity index (χ3n) is 1.50. The first-order chi connectivity index (χ1) is 6.19. The lowest BCUT2D eigenvalue weighted by Crippen LogP contribution is -1.94. The highest BCUT2D eigenvalue weighted by Gasteiger charge is 2.09. The molecular formula is C9H9ClO3. The predicted octanol–water partition coefficient (Wildman–Crippen LogP) is 2.26. The van der Waals surface area contributed by atoms with Crippen LogP contribution in [0.15, 0.2) is 12.1 Å². The molecule has 1 aromatic rings. The minimum Gasteiger partial charge on any atom is -0.504 e. The van der Waals surface area contributed by atoms with Gasteiger partial charge in [0.2, 0.25) is 0 Å². The van der Waals surface area contributed by atoms with E-state index in [1.807, 2.05) is 0 Å². The van der Waals surface area contributed by atoms with Gasteiger partial charge >= 0.3 is 0 Å². The standard InChI is InChI=1S/C9H9ClO3/c1-2-13-8-4-7(10)3-6(5-11)9(8)12/h3-5,12H,2H2,1H3. The van der Waals surface area contributed by atoms with Crippen molar-refractivity contribution >= 4 is 17.9 Å². The lowest BCUT2D eigenvalue weighted by atomic mass is 10.2. The number of carbonyl (C=O) groups is 1. The summed E-state index contributed by atoms with van der Waals surface area (Å²) in [5.41, 5.74) is 0.135. The largest absolute Gasteiger partial charge is 0.504 e. The van der Waals surface area contributed by atoms with E-state index in [0.29, 0.717) is 17.9 Å². The first-order valence-corrected chi connectivity index (χ1v) is 4.17. The molecule has 0 radical (unpaired) electrons. The number of aromatic hydroxyl groups is 1. The molecule has 0 aromatic heterocycles. The number of rotatable bonds is 3. The molecule has 0 saturated carbocycles. The Morgan fingerprint density at radius 2 is 2.31 bits per heavy atom. The molecule has 0 amide bonds. The quantitative estimate of drug-likeness (QED) is 0.762. The summed E-state index contributed by atoms with van der Waals surface area (Å²) in [6, 6.07) is 2.85. The molecular weight excluding hydrogens is 192 g/mol. The number of aldehydes is 1. The SMILES string of the molecule is CCOc1cc(Cl)cc(C=O)c1O. The van der Waals surface area contributed by atoms with Crippen molar-refractivity contribution < 1.29 is 14.6 Å². The number of halogens is 1. The number of ether oxygens (including phenoxy) is 1. The summed E-state index contributed by atoms with van der Waals surface area (Å²) in [7, 11) is 0. The van der Waals surface area contributed by atoms with E-state index in [9.17, 15) is 9.90 Å². The van der Waals surface area contributed by atoms with Gasteiger partial charge in [0.05, 0.1) is 12.2 Å². The van der Waals surface area contributed by atoms with Crippen molar-refractivity contribution in [3.8, 4) is 11.5 Å². The van der Waals surface area contributed by atoms with Crippen molar-refractivity contribution in [3.05, 3.63) is 22.7 Å². The summed E-state index contributed by atoms with van der Waals surface area (Å²) in [6.45, 7) is 2.19. The average molecular weight is 201 g/mol. The molecule has 0 saturated heterocycles. The number of hydrogen-bond acceptors (Lipinski definition) is 3. The van der Waals surface area contributed by atoms with E-state index in [4.69, 9.17) is 16.3 Å². The number of benzene rings is 1. The summed E-state index contributed by atoms with van der Waals surface area (Å²) in [5, 5.41) is 9.79. The van der Waals surface area contributed by atoms with Gasteiger partial charge in [-0.05, 0) is 13.0 Å². The van der Waals surface area contributed by atoms with Crippen LogP contribution in [0.4, 0.5) is 0 Å². The van der Waals surface area contributed by atoms with Crippen molar-refractivity contribution in [1.29, 1.82) is 0 Å². The van der Waals surface area contributed by atoms with Crippen molar-refractivity contribution in [2.45, 2.75) is 6.92 Å². The molecule has 3 nitrogen and oxygen atoms in total. The van der Waals surface area contributed by atoms with Crippen molar-refractivity contribution in [3.63, 3.8) is 0 Å². The molecule has 70 valence electrons. The van der Waals surface area contributed by atoms with Gasteiger partial charge in [-0.2, -0.15) is 0 Å². The van der Waals surface area contributed by atoms with Gasteiger partial charge in [-0.3, -0.25) is 4.79 Å². The first-order valence-electron chi connectivity index (χ1n) is 3.79. The van der Waals surface area contributed by atoms with E-state index in [-0.39, 0.29) is 17.1 Å². The van der Waals surface area contributed by atoms with Gasteiger partial charge in [-0.1, -0.05) is 11.6 Å². The third kappa shape index (κ3) is 2.12. The molecule has 0 heterocycles. The maximum Gasteiger partial charge on any atom is 0.168 e. The Kier molecular flexibility index (Phi) is 3.14. The third-order valence-corrected chi connectivity index (χ3v) is 1.71. The van der Waals surface area contributed by atoms with Gasteiger partial charge in [-0.15, -0.1) is 0 Å². The van der Waals surface area contributed by atoms with Crippen molar-refractivity contribution in [1.82, 2.24) is 0 Å². The fourth-order valence-corrected chi connectivity index (χ4v) is 1.17. The monoisotopic (exact) mass is 200 g/mol. The first kappa shape index (κ1) is 9.86. The van der Waals surface area contributed by atoms with Crippen LogP contribution in [0.5, 0.6) is 11.5 Å². The zero-order valence-corrected chi connectivity index (χ0v) is 7.84. The molecule has 1 rings (SSSR count). The van der Waals surface area contributed by atoms with Crippen LogP contribution in [0, 0.1) is 0 Å². The normalized spacial score (nSPS) is 9.69. The number of hydrogen-bond donors (Lipinski definition) is 1. The van der Waals surface area contributed by atoms with E-state index in [2.05, 4.69) is 0 Å². The highest BCUT2D eigenvalue weighted by molar-refractivity contribution is 6.31. The van der Waals surface area contributed by atoms with Gasteiger partial charge in [0.1, 0.15) is 0 Å². The van der Waals surface area contributed by atoms with E-state index in [1.54, 1.807) is 6.92 Å². The Labute approximate surface area is 80.9 Å². The topological polar surface area (TPSA) is 46.5 Å². The van der Waals surface area contributed by atoms with Gasteiger partial charge in [0.25, 0.3) is 0 Å². The predicted molar refractivity (Wildman–Crippen MR) is 49.7 cm³/mol. The van der Waals surface area contributed by atoms with Crippen LogP contribution in [0.25, 0.3) is 0 Å². The van der Waals surface area contributed by atoms with Crippen molar-refractivity contribution in [2.24, 2.45) is 0 Å². The zero-order valence-electron chi connectivity index (χ0n) is 7.08. The van der Waals surface area contributed by atoms with E-state index in [0.717, 1.165) is 0 Å². The maximum absolute atomic E-state index is 10.5. The van der Waals surface area contributed by atoms with Crippen LogP contribution in [-0.2, 0) is 0 Å². The molecule has 0 unspecified atom stereocenters. The van der Waals surface area contributed by atoms with E-state index < -0.39 is 0 Å². The summed E-state index contributed by atoms with van der Waals surface area (Å²) in [5.74, 6) is 0.0679. The van der Waals surface area contributed by atoms with E-state index in [1.165, 1.54) is 12.1 Å². The zero-order chi connectivity index (χ0) is 9.84. The average Bonchev–Trinajstić information content (AvgIpc) is 2.11. The highest BCUT2D eigenvalue weighted by Crippen LogP contribution is 2.32. The molecule has 0 aliphatic carbocycles. The number of phenols is 1. The van der Waals surface area contributed by atoms with Gasteiger partial charge in [-0.25, -0.2) is 0 Å². The van der Waals surface area contributed by atoms with Crippen LogP contribution in [0.2, 0.25) is 5.02 Å². The fourth-order valence-electron chi connectivity index (χ4n) is 0.950. The summed E-state index contributed by atoms with van der Waals surface area (Å²) < 4.78 is 5.07. The molecule has 0 bridgehead atoms. The molecule has 0 aliphatic heterocycles. The Balaban J connectivity index is 3.18. The summed E-state index contributed by atoms with van der Waals surface area (Å²) >= 11 is 5.69. The molecule has 0 fully saturated rings. The lowest BCUT2D eigenvalue weighted by molar-refractivity contribution is 0.112. The van der Waals surface area contributed by atoms with E-state index >= 15 is 0 Å². The second kappa shape index (κ2) is 4.14. The van der Waals surface area contributed by atoms with Gasteiger partial charge < -0.3 is 9.84 Å². The molecule has 1 N–H and O–H groups in total. The number of carbonyl (C=O) groups excluding carboxylic acids is 1. The van der Waals surface area contributed by atoms with Gasteiger partial charge in [0.15, 0.2) is 17.8 Å². The molecule has 0 atom stereocenters. The van der Waals surface area contributed by atoms with Crippen LogP contribution in [-0.4, -0.2) is 18.0 Å². The van der Waals surface area contributed by atoms with Gasteiger partial charge in [0, 0.05) is 11.1 Å². The summed E-state index contributed by atoms with van der Waals surface area (Å²) in [6.07, 6.45) is 0.531. The molecule has 0 spiro atoms. The van der Waals surface area contributed by atoms with Crippen LogP contribution < -0.4 is 4.74 Å². The molecule has 1 aromatic carbocycles. The molecule has 4 heteroatoms. The van der Waals surface area contributed by atoms with Crippen molar-refractivity contribution in [2.75, 3.05) is 6.61 Å². The second-order valence-electron chi connectivity index (χ2n) is 2.39. The second-order valence-corrected chi connectivity index (χ2v) is 2.83. The minimum atomic E-state index is -0.166.